The highest BCUT2D eigenvalue weighted by atomic mass is 16.5. The first-order valence-corrected chi connectivity index (χ1v) is 5.83. The number of nitrogen functional groups attached to an aromatic ring is 1. The number of ether oxygens (including phenoxy) is 2. The molecule has 0 saturated heterocycles. The zero-order chi connectivity index (χ0) is 13.0. The molecule has 96 valence electrons. The molecule has 1 heterocycles. The van der Waals surface area contributed by atoms with Gasteiger partial charge in [-0.05, 0) is 19.1 Å². The van der Waals surface area contributed by atoms with E-state index in [2.05, 4.69) is 5.10 Å². The van der Waals surface area contributed by atoms with E-state index in [-0.39, 0.29) is 0 Å². The molecule has 5 heteroatoms. The Morgan fingerprint density at radius 2 is 1.89 bits per heavy atom. The lowest BCUT2D eigenvalue weighted by Gasteiger charge is -2.10. The van der Waals surface area contributed by atoms with E-state index in [1.165, 1.54) is 0 Å². The van der Waals surface area contributed by atoms with Crippen molar-refractivity contribution in [3.8, 4) is 11.5 Å². The van der Waals surface area contributed by atoms with E-state index in [9.17, 15) is 0 Å². The van der Waals surface area contributed by atoms with Gasteiger partial charge in [0.2, 0.25) is 0 Å². The lowest BCUT2D eigenvalue weighted by molar-refractivity contribution is 0.266. The highest BCUT2D eigenvalue weighted by molar-refractivity contribution is 5.39. The van der Waals surface area contributed by atoms with Crippen molar-refractivity contribution >= 4 is 5.82 Å². The smallest absolute Gasteiger partial charge is 0.161 e. The first-order chi connectivity index (χ1) is 8.70. The van der Waals surface area contributed by atoms with Gasteiger partial charge in [0.25, 0.3) is 0 Å². The molecular weight excluding hydrogens is 230 g/mol. The third kappa shape index (κ3) is 2.74. The van der Waals surface area contributed by atoms with E-state index in [0.29, 0.717) is 24.8 Å². The van der Waals surface area contributed by atoms with Gasteiger partial charge in [-0.3, -0.25) is 4.68 Å². The Morgan fingerprint density at radius 1 is 1.22 bits per heavy atom. The lowest BCUT2D eigenvalue weighted by Crippen LogP contribution is -2.01. The number of benzene rings is 1. The van der Waals surface area contributed by atoms with Gasteiger partial charge in [-0.15, -0.1) is 0 Å². The number of nitrogens with zero attached hydrogens (tertiary/aromatic N) is 2. The molecule has 0 atom stereocenters. The summed E-state index contributed by atoms with van der Waals surface area (Å²) in [5, 5.41) is 4.23. The Bertz CT molecular complexity index is 503. The molecule has 0 saturated carbocycles. The molecule has 0 fully saturated rings. The maximum absolute atomic E-state index is 5.71. The van der Waals surface area contributed by atoms with Crippen LogP contribution in [0.15, 0.2) is 30.3 Å². The van der Waals surface area contributed by atoms with Crippen molar-refractivity contribution in [2.24, 2.45) is 7.05 Å². The van der Waals surface area contributed by atoms with Crippen molar-refractivity contribution < 1.29 is 9.47 Å². The summed E-state index contributed by atoms with van der Waals surface area (Å²) in [6.45, 7) is 2.92. The minimum Gasteiger partial charge on any atom is -0.490 e. The molecule has 2 N–H and O–H groups in total. The molecule has 5 nitrogen and oxygen atoms in total. The van der Waals surface area contributed by atoms with Crippen molar-refractivity contribution in [3.05, 3.63) is 36.0 Å². The second kappa shape index (κ2) is 5.44. The Balaban J connectivity index is 2.05. The van der Waals surface area contributed by atoms with Gasteiger partial charge in [0, 0.05) is 13.1 Å². The van der Waals surface area contributed by atoms with E-state index >= 15 is 0 Å². The van der Waals surface area contributed by atoms with Crippen molar-refractivity contribution in [1.29, 1.82) is 0 Å². The minimum atomic E-state index is 0.370. The molecule has 1 aromatic carbocycles. The molecule has 0 aliphatic heterocycles. The van der Waals surface area contributed by atoms with Gasteiger partial charge < -0.3 is 15.2 Å². The maximum Gasteiger partial charge on any atom is 0.161 e. The summed E-state index contributed by atoms with van der Waals surface area (Å²) in [5.74, 6) is 2.07. The van der Waals surface area contributed by atoms with Crippen LogP contribution in [0.3, 0.4) is 0 Å². The van der Waals surface area contributed by atoms with E-state index in [1.807, 2.05) is 31.2 Å². The van der Waals surface area contributed by atoms with E-state index in [4.69, 9.17) is 15.2 Å². The molecule has 0 spiro atoms. The van der Waals surface area contributed by atoms with E-state index in [1.54, 1.807) is 17.8 Å². The summed E-state index contributed by atoms with van der Waals surface area (Å²) in [4.78, 5) is 0. The van der Waals surface area contributed by atoms with Crippen LogP contribution >= 0.6 is 0 Å². The van der Waals surface area contributed by atoms with Crippen LogP contribution in [0.1, 0.15) is 12.6 Å². The highest BCUT2D eigenvalue weighted by Gasteiger charge is 2.06. The zero-order valence-corrected chi connectivity index (χ0v) is 10.6. The molecule has 0 aliphatic carbocycles. The predicted octanol–water partition coefficient (Wildman–Crippen LogP) is 1.98. The molecule has 2 aromatic rings. The molecule has 0 amide bonds. The summed E-state index contributed by atoms with van der Waals surface area (Å²) >= 11 is 0. The standard InChI is InChI=1S/C13H17N3O2/c1-3-17-11-6-4-5-7-12(11)18-9-10-8-13(14)16(2)15-10/h4-8H,3,9,14H2,1-2H3. The van der Waals surface area contributed by atoms with Gasteiger partial charge >= 0.3 is 0 Å². The van der Waals surface area contributed by atoms with Gasteiger partial charge in [0.15, 0.2) is 11.5 Å². The van der Waals surface area contributed by atoms with Crippen LogP contribution < -0.4 is 15.2 Å². The summed E-state index contributed by atoms with van der Waals surface area (Å²) in [5.41, 5.74) is 6.50. The van der Waals surface area contributed by atoms with Gasteiger partial charge in [-0.2, -0.15) is 5.10 Å². The number of hydrogen-bond acceptors (Lipinski definition) is 4. The first kappa shape index (κ1) is 12.3. The van der Waals surface area contributed by atoms with E-state index in [0.717, 1.165) is 11.4 Å². The van der Waals surface area contributed by atoms with Gasteiger partial charge in [0.05, 0.1) is 6.61 Å². The first-order valence-electron chi connectivity index (χ1n) is 5.83. The van der Waals surface area contributed by atoms with Crippen LogP contribution in [0.5, 0.6) is 11.5 Å². The molecule has 0 bridgehead atoms. The molecule has 2 rings (SSSR count). The third-order valence-electron chi connectivity index (χ3n) is 2.49. The molecule has 0 radical (unpaired) electrons. The lowest BCUT2D eigenvalue weighted by atomic mass is 10.3. The topological polar surface area (TPSA) is 62.3 Å². The number of nitrogens with two attached hydrogens (primary N) is 1. The molecule has 1 aromatic heterocycles. The van der Waals surface area contributed by atoms with Crippen LogP contribution in [0, 0.1) is 0 Å². The number of aromatic nitrogens is 2. The summed E-state index contributed by atoms with van der Waals surface area (Å²) < 4.78 is 12.8. The molecule has 0 aliphatic rings. The largest absolute Gasteiger partial charge is 0.490 e. The van der Waals surface area contributed by atoms with Crippen LogP contribution in [0.2, 0.25) is 0 Å². The molecule has 18 heavy (non-hydrogen) atoms. The van der Waals surface area contributed by atoms with Gasteiger partial charge in [-0.1, -0.05) is 12.1 Å². The van der Waals surface area contributed by atoms with Crippen molar-refractivity contribution in [2.45, 2.75) is 13.5 Å². The van der Waals surface area contributed by atoms with Crippen LogP contribution in [0.4, 0.5) is 5.82 Å². The van der Waals surface area contributed by atoms with Crippen LogP contribution in [-0.2, 0) is 13.7 Å². The van der Waals surface area contributed by atoms with Crippen molar-refractivity contribution in [3.63, 3.8) is 0 Å². The third-order valence-corrected chi connectivity index (χ3v) is 2.49. The minimum absolute atomic E-state index is 0.370. The van der Waals surface area contributed by atoms with Crippen molar-refractivity contribution in [1.82, 2.24) is 9.78 Å². The maximum atomic E-state index is 5.71. The van der Waals surface area contributed by atoms with Crippen LogP contribution in [-0.4, -0.2) is 16.4 Å². The molecule has 0 unspecified atom stereocenters. The van der Waals surface area contributed by atoms with Crippen LogP contribution in [0.25, 0.3) is 0 Å². The zero-order valence-electron chi connectivity index (χ0n) is 10.6. The SMILES string of the molecule is CCOc1ccccc1OCc1cc(N)n(C)n1. The number of anilines is 1. The Hall–Kier alpha value is -2.17. The molecular formula is C13H17N3O2. The second-order valence-corrected chi connectivity index (χ2v) is 3.85. The summed E-state index contributed by atoms with van der Waals surface area (Å²) in [6, 6.07) is 9.37. The summed E-state index contributed by atoms with van der Waals surface area (Å²) in [6.07, 6.45) is 0. The number of para-hydroxylation sites is 2. The van der Waals surface area contributed by atoms with Gasteiger partial charge in [-0.25, -0.2) is 0 Å². The second-order valence-electron chi connectivity index (χ2n) is 3.85. The predicted molar refractivity (Wildman–Crippen MR) is 69.6 cm³/mol. The average Bonchev–Trinajstić information content (AvgIpc) is 2.68. The Kier molecular flexibility index (Phi) is 3.72. The fourth-order valence-electron chi connectivity index (χ4n) is 1.61. The van der Waals surface area contributed by atoms with Gasteiger partial charge in [0.1, 0.15) is 18.1 Å². The highest BCUT2D eigenvalue weighted by Crippen LogP contribution is 2.27. The Labute approximate surface area is 106 Å². The number of rotatable bonds is 5. The fraction of sp³-hybridized carbons (Fsp3) is 0.308. The number of aryl methyl sites for hydroxylation is 1. The fourth-order valence-corrected chi connectivity index (χ4v) is 1.61. The number of hydrogen-bond donors (Lipinski definition) is 1. The normalized spacial score (nSPS) is 10.3. The monoisotopic (exact) mass is 247 g/mol. The van der Waals surface area contributed by atoms with E-state index < -0.39 is 0 Å². The summed E-state index contributed by atoms with van der Waals surface area (Å²) in [7, 11) is 1.80. The van der Waals surface area contributed by atoms with Crippen molar-refractivity contribution in [2.75, 3.05) is 12.3 Å². The Morgan fingerprint density at radius 3 is 2.44 bits per heavy atom. The average molecular weight is 247 g/mol. The quantitative estimate of drug-likeness (QED) is 0.877.